The van der Waals surface area contributed by atoms with Crippen LogP contribution in [0.1, 0.15) is 97.9 Å². The van der Waals surface area contributed by atoms with Crippen molar-refractivity contribution in [1.29, 1.82) is 0 Å². The Morgan fingerprint density at radius 2 is 0.952 bits per heavy atom. The fourth-order valence-electron chi connectivity index (χ4n) is 12.1. The van der Waals surface area contributed by atoms with E-state index in [1.165, 1.54) is 55.8 Å². The summed E-state index contributed by atoms with van der Waals surface area (Å²) >= 11 is 6.97. The fraction of sp³-hybridized carbons (Fsp3) is 0.211. The van der Waals surface area contributed by atoms with Gasteiger partial charge in [0.15, 0.2) is 40.7 Å². The minimum atomic E-state index is 0.403. The maximum Gasteiger partial charge on any atom is 0.416 e. The summed E-state index contributed by atoms with van der Waals surface area (Å²) < 4.78 is 23.5. The van der Waals surface area contributed by atoms with Crippen LogP contribution < -0.4 is 44.9 Å². The molecule has 28 heteroatoms. The van der Waals surface area contributed by atoms with Crippen LogP contribution in [-0.2, 0) is 39.0 Å². The Kier molecular flexibility index (Phi) is 22.5. The predicted molar refractivity (Wildman–Crippen MR) is 398 cm³/mol. The van der Waals surface area contributed by atoms with Crippen LogP contribution in [0.15, 0.2) is 233 Å². The van der Waals surface area contributed by atoms with E-state index < -0.39 is 0 Å². The number of fused-ring (bicyclic) bond motifs is 4. The smallest absolute Gasteiger partial charge is 0.416 e. The van der Waals surface area contributed by atoms with Crippen LogP contribution in [0.25, 0.3) is 56.6 Å². The summed E-state index contributed by atoms with van der Waals surface area (Å²) in [4.78, 5) is 19.1. The normalized spacial score (nSPS) is 12.1. The molecule has 1 saturated carbocycles. The quantitative estimate of drug-likeness (QED) is 0.0212. The third-order valence-electron chi connectivity index (χ3n) is 17.3. The minimum Gasteiger partial charge on any atom is -0.619 e. The highest BCUT2D eigenvalue weighted by molar-refractivity contribution is 9.11. The molecule has 1 aliphatic carbocycles. The van der Waals surface area contributed by atoms with Crippen LogP contribution in [-0.4, -0.2) is 80.6 Å². The molecule has 2 aromatic carbocycles. The van der Waals surface area contributed by atoms with E-state index in [-0.39, 0.29) is 0 Å². The first-order valence-electron chi connectivity index (χ1n) is 34.2. The van der Waals surface area contributed by atoms with E-state index in [4.69, 9.17) is 24.1 Å². The predicted octanol–water partition coefficient (Wildman–Crippen LogP) is 13.3. The van der Waals surface area contributed by atoms with Gasteiger partial charge in [0.25, 0.3) is 0 Å². The zero-order chi connectivity index (χ0) is 71.9. The molecule has 13 aromatic heterocycles. The number of nitrogens with zero attached hydrogens (tertiary/aromatic N) is 16. The van der Waals surface area contributed by atoms with E-state index in [0.29, 0.717) is 61.7 Å². The van der Waals surface area contributed by atoms with Crippen molar-refractivity contribution in [2.45, 2.75) is 97.8 Å². The number of aryl methyl sites for hydroxylation is 2. The molecule has 0 saturated heterocycles. The van der Waals surface area contributed by atoms with Gasteiger partial charge in [-0.1, -0.05) is 93.8 Å². The van der Waals surface area contributed by atoms with Crippen LogP contribution >= 0.6 is 31.9 Å². The van der Waals surface area contributed by atoms with Gasteiger partial charge in [-0.15, -0.1) is 0 Å². The summed E-state index contributed by atoms with van der Waals surface area (Å²) in [6.07, 6.45) is 28.1. The Balaban J connectivity index is 0.000000123. The molecular weight excluding hydrogens is 1450 g/mol. The summed E-state index contributed by atoms with van der Waals surface area (Å²) in [6.45, 7) is 8.77. The molecule has 16 rings (SSSR count). The van der Waals surface area contributed by atoms with Gasteiger partial charge in [0, 0.05) is 139 Å². The number of anilines is 4. The zero-order valence-electron chi connectivity index (χ0n) is 57.3. The lowest BCUT2D eigenvalue weighted by Gasteiger charge is -2.22. The molecule has 1 fully saturated rings. The number of benzene rings is 2. The number of furan rings is 1. The monoisotopic (exact) mass is 1520 g/mol. The number of hydrogen-bond donors (Lipinski definition) is 7. The Labute approximate surface area is 615 Å². The lowest BCUT2D eigenvalue weighted by molar-refractivity contribution is -0.906. The van der Waals surface area contributed by atoms with Gasteiger partial charge in [-0.2, -0.15) is 43.2 Å². The second-order valence-corrected chi connectivity index (χ2v) is 26.2. The molecule has 104 heavy (non-hydrogen) atoms. The molecule has 0 unspecified atom stereocenters. The highest BCUT2D eigenvalue weighted by Gasteiger charge is 2.22. The maximum absolute atomic E-state index is 11.4. The number of hydrogen-bond acceptors (Lipinski definition) is 18. The topological polar surface area (TPSA) is 291 Å². The van der Waals surface area contributed by atoms with Crippen molar-refractivity contribution >= 4 is 77.7 Å². The van der Waals surface area contributed by atoms with Crippen LogP contribution in [0.4, 0.5) is 23.3 Å². The summed E-state index contributed by atoms with van der Waals surface area (Å²) in [5.41, 5.74) is 15.0. The fourth-order valence-corrected chi connectivity index (χ4v) is 12.8. The second-order valence-electron chi connectivity index (χ2n) is 24.5. The SMILES string of the molecule is CCOc1ccc(CNc2cc(-c3ccccc3)nc3c(Br)cnn23)c[n+]1O.CCc1cnn2c(NCc3ccc[n+](O)c3)cc(-c3ccccc3)nc12.CCc1cnn2c(NCc3ccc[n+](O)c3)cc(C3CCCCC3)nc12.[O-][n+]1cccc(CNc2cc(-c3ccco3)nc3c(Br)cnn23)c1. The van der Waals surface area contributed by atoms with Gasteiger partial charge in [0.1, 0.15) is 29.0 Å². The number of aromatic nitrogens is 16. The number of ether oxygens (including phenoxy) is 1. The maximum atomic E-state index is 11.4. The summed E-state index contributed by atoms with van der Waals surface area (Å²) in [5, 5.41) is 71.9. The van der Waals surface area contributed by atoms with Crippen LogP contribution in [0.5, 0.6) is 5.88 Å². The van der Waals surface area contributed by atoms with Crippen molar-refractivity contribution in [2.24, 2.45) is 0 Å². The molecule has 0 amide bonds. The van der Waals surface area contributed by atoms with E-state index in [9.17, 15) is 20.8 Å². The van der Waals surface area contributed by atoms with Crippen LogP contribution in [0.2, 0.25) is 0 Å². The lowest BCUT2D eigenvalue weighted by Crippen LogP contribution is -2.33. The summed E-state index contributed by atoms with van der Waals surface area (Å²) in [6, 6.07) is 46.6. The van der Waals surface area contributed by atoms with Gasteiger partial charge in [-0.05, 0) is 101 Å². The van der Waals surface area contributed by atoms with Crippen molar-refractivity contribution in [3.05, 3.63) is 273 Å². The summed E-state index contributed by atoms with van der Waals surface area (Å²) in [7, 11) is 0. The van der Waals surface area contributed by atoms with Crippen LogP contribution in [0, 0.1) is 5.21 Å². The van der Waals surface area contributed by atoms with Crippen molar-refractivity contribution in [3.63, 3.8) is 0 Å². The molecule has 7 N–H and O–H groups in total. The van der Waals surface area contributed by atoms with E-state index in [2.05, 4.69) is 111 Å². The first-order chi connectivity index (χ1) is 50.8. The Morgan fingerprint density at radius 1 is 0.490 bits per heavy atom. The van der Waals surface area contributed by atoms with Gasteiger partial charge in [-0.25, -0.2) is 19.9 Å². The Bertz CT molecular complexity index is 5380. The molecule has 13 heterocycles. The standard InChI is InChI=1S/C20H19BrN5O2.C20H26N5O.C20H20N5O.C16H12BrN5O2/c1-2-28-19-9-8-14(13-25(19)27)11-22-18-10-17(15-6-4-3-5-7-15)24-20-16(21)12-23-26(18)20;2*1-2-16-13-22-25-19(21-12-15-7-6-10-24(26)14-15)11-18(23-20(16)25)17-8-4-3-5-9-17;17-12-9-19-22-15(18-8-11-3-1-5-21(23)10-11)7-13(20-16(12)22)14-4-2-6-24-14/h3-10,12-13,22,27H,2,11H2,1H3;6-7,10-11,13-14,17,21,26H,2-5,8-9,12H2,1H3;3-11,13-14,21,26H,2,12H2,1H3;1-7,9-10,18H,8H2/q3*+1;. The lowest BCUT2D eigenvalue weighted by atomic mass is 9.87. The van der Waals surface area contributed by atoms with E-state index >= 15 is 0 Å². The molecule has 0 radical (unpaired) electrons. The molecule has 1 aliphatic rings. The average Bonchev–Trinajstić information content (AvgIpc) is 1.62. The third-order valence-corrected chi connectivity index (χ3v) is 18.5. The van der Waals surface area contributed by atoms with Gasteiger partial charge >= 0.3 is 5.88 Å². The highest BCUT2D eigenvalue weighted by Crippen LogP contribution is 2.35. The molecule has 0 atom stereocenters. The first-order valence-corrected chi connectivity index (χ1v) is 35.8. The minimum absolute atomic E-state index is 0.403. The van der Waals surface area contributed by atoms with Crippen molar-refractivity contribution in [2.75, 3.05) is 27.9 Å². The third kappa shape index (κ3) is 16.9. The number of nitrogens with one attached hydrogen (secondary N) is 4. The second kappa shape index (κ2) is 33.2. The Morgan fingerprint density at radius 3 is 1.44 bits per heavy atom. The largest absolute Gasteiger partial charge is 0.619 e. The number of pyridine rings is 4. The zero-order valence-corrected chi connectivity index (χ0v) is 60.5. The van der Waals surface area contributed by atoms with Gasteiger partial charge in [0.2, 0.25) is 31.0 Å². The first kappa shape index (κ1) is 70.4. The average molecular weight is 1530 g/mol. The van der Waals surface area contributed by atoms with E-state index in [0.717, 1.165) is 131 Å². The van der Waals surface area contributed by atoms with Crippen LogP contribution in [0.3, 0.4) is 0 Å². The highest BCUT2D eigenvalue weighted by atomic mass is 79.9. The van der Waals surface area contributed by atoms with E-state index in [1.807, 2.05) is 138 Å². The van der Waals surface area contributed by atoms with Crippen molar-refractivity contribution in [3.8, 4) is 39.8 Å². The molecule has 26 nitrogen and oxygen atoms in total. The van der Waals surface area contributed by atoms with Gasteiger partial charge in [-0.3, -0.25) is 15.6 Å². The molecule has 0 spiro atoms. The van der Waals surface area contributed by atoms with Crippen molar-refractivity contribution < 1.29 is 43.7 Å². The molecular formula is C76H77Br2N20O6+3. The molecule has 0 aliphatic heterocycles. The number of rotatable bonds is 20. The summed E-state index contributed by atoms with van der Waals surface area (Å²) in [5.74, 6) is 4.99. The molecule has 15 aromatic rings. The van der Waals surface area contributed by atoms with Gasteiger partial charge in [0.05, 0.1) is 64.1 Å². The molecule has 528 valence electrons. The van der Waals surface area contributed by atoms with Crippen molar-refractivity contribution in [1.82, 2.24) is 58.4 Å². The van der Waals surface area contributed by atoms with E-state index in [1.54, 1.807) is 76.9 Å². The van der Waals surface area contributed by atoms with Gasteiger partial charge < -0.3 is 35.6 Å². The molecule has 0 bridgehead atoms. The number of halogens is 2. The Hall–Kier alpha value is -12.0.